The quantitative estimate of drug-likeness (QED) is 0.753. The van der Waals surface area contributed by atoms with E-state index in [1.165, 1.54) is 31.7 Å². The summed E-state index contributed by atoms with van der Waals surface area (Å²) in [5.74, 6) is 0.360. The van der Waals surface area contributed by atoms with Crippen LogP contribution in [0.15, 0.2) is 16.6 Å². The molecule has 4 heteroatoms. The van der Waals surface area contributed by atoms with E-state index < -0.39 is 0 Å². The summed E-state index contributed by atoms with van der Waals surface area (Å²) in [7, 11) is 1.61. The molecule has 1 fully saturated rings. The molecule has 1 atom stereocenters. The Hall–Kier alpha value is -0.610. The average molecular weight is 358 g/mol. The molecule has 0 aliphatic heterocycles. The Balaban J connectivity index is 2.42. The minimum absolute atomic E-state index is 0.201. The Bertz CT molecular complexity index is 486. The smallest absolute Gasteiger partial charge is 0.141 e. The number of nitrogens with one attached hydrogen (secondary N) is 1. The molecule has 1 aliphatic rings. The van der Waals surface area contributed by atoms with E-state index >= 15 is 0 Å². The molecule has 1 saturated carbocycles. The molecule has 0 heterocycles. The molecule has 2 nitrogen and oxygen atoms in total. The second kappa shape index (κ2) is 7.10. The molecule has 1 aromatic rings. The van der Waals surface area contributed by atoms with Gasteiger partial charge in [0, 0.05) is 17.7 Å². The maximum absolute atomic E-state index is 13.8. The highest BCUT2D eigenvalue weighted by Crippen LogP contribution is 2.49. The van der Waals surface area contributed by atoms with Crippen molar-refractivity contribution in [3.05, 3.63) is 28.0 Å². The Morgan fingerprint density at radius 2 is 2.05 bits per heavy atom. The lowest BCUT2D eigenvalue weighted by molar-refractivity contribution is 0.218. The number of rotatable bonds is 6. The summed E-state index contributed by atoms with van der Waals surface area (Å²) in [6.45, 7) is 5.46. The van der Waals surface area contributed by atoms with Crippen molar-refractivity contribution in [3.63, 3.8) is 0 Å². The van der Waals surface area contributed by atoms with E-state index in [0.29, 0.717) is 10.2 Å². The van der Waals surface area contributed by atoms with Crippen LogP contribution in [0.25, 0.3) is 0 Å². The molecule has 118 valence electrons. The van der Waals surface area contributed by atoms with Gasteiger partial charge in [-0.3, -0.25) is 0 Å². The van der Waals surface area contributed by atoms with Gasteiger partial charge in [-0.2, -0.15) is 0 Å². The maximum atomic E-state index is 13.8. The third-order valence-electron chi connectivity index (χ3n) is 4.62. The Morgan fingerprint density at radius 1 is 1.38 bits per heavy atom. The molecule has 1 aliphatic carbocycles. The van der Waals surface area contributed by atoms with Crippen LogP contribution < -0.4 is 10.1 Å². The van der Waals surface area contributed by atoms with E-state index in [2.05, 4.69) is 35.1 Å². The zero-order valence-electron chi connectivity index (χ0n) is 13.1. The van der Waals surface area contributed by atoms with Crippen LogP contribution in [0, 0.1) is 11.2 Å². The topological polar surface area (TPSA) is 21.3 Å². The normalized spacial score (nSPS) is 18.7. The SMILES string of the molecule is CCCNC(c1cc(Br)c(F)cc1OC)C1(C)CCCC1. The number of ether oxygens (including phenoxy) is 1. The van der Waals surface area contributed by atoms with Gasteiger partial charge in [0.05, 0.1) is 11.6 Å². The fraction of sp³-hybridized carbons (Fsp3) is 0.647. The molecule has 0 bridgehead atoms. The number of hydrogen-bond donors (Lipinski definition) is 1. The predicted molar refractivity (Wildman–Crippen MR) is 88.3 cm³/mol. The van der Waals surface area contributed by atoms with E-state index in [1.54, 1.807) is 7.11 Å². The van der Waals surface area contributed by atoms with Crippen LogP contribution >= 0.6 is 15.9 Å². The van der Waals surface area contributed by atoms with Gasteiger partial charge in [-0.1, -0.05) is 26.7 Å². The van der Waals surface area contributed by atoms with Gasteiger partial charge < -0.3 is 10.1 Å². The van der Waals surface area contributed by atoms with Crippen molar-refractivity contribution < 1.29 is 9.13 Å². The van der Waals surface area contributed by atoms with Crippen molar-refractivity contribution in [3.8, 4) is 5.75 Å². The molecule has 1 aromatic carbocycles. The van der Waals surface area contributed by atoms with Crippen LogP contribution in [0.5, 0.6) is 5.75 Å². The van der Waals surface area contributed by atoms with Crippen LogP contribution in [0.1, 0.15) is 57.6 Å². The minimum Gasteiger partial charge on any atom is -0.496 e. The lowest BCUT2D eigenvalue weighted by atomic mass is 9.77. The largest absolute Gasteiger partial charge is 0.496 e. The summed E-state index contributed by atoms with van der Waals surface area (Å²) in [5.41, 5.74) is 1.27. The maximum Gasteiger partial charge on any atom is 0.141 e. The Kier molecular flexibility index (Phi) is 5.67. The van der Waals surface area contributed by atoms with Crippen molar-refractivity contribution in [2.75, 3.05) is 13.7 Å². The molecule has 0 amide bonds. The van der Waals surface area contributed by atoms with Crippen molar-refractivity contribution in [2.24, 2.45) is 5.41 Å². The zero-order valence-corrected chi connectivity index (χ0v) is 14.7. The number of methoxy groups -OCH3 is 1. The van der Waals surface area contributed by atoms with E-state index in [4.69, 9.17) is 4.74 Å². The number of benzene rings is 1. The van der Waals surface area contributed by atoms with Crippen molar-refractivity contribution in [1.29, 1.82) is 0 Å². The van der Waals surface area contributed by atoms with E-state index in [9.17, 15) is 4.39 Å². The standard InChI is InChI=1S/C17H25BrFNO/c1-4-9-20-16(17(2)7-5-6-8-17)12-10-13(18)14(19)11-15(12)21-3/h10-11,16,20H,4-9H2,1-3H3. The van der Waals surface area contributed by atoms with Crippen molar-refractivity contribution in [2.45, 2.75) is 52.0 Å². The van der Waals surface area contributed by atoms with Crippen LogP contribution in [0.3, 0.4) is 0 Å². The van der Waals surface area contributed by atoms with Gasteiger partial charge in [0.2, 0.25) is 0 Å². The minimum atomic E-state index is -0.276. The summed E-state index contributed by atoms with van der Waals surface area (Å²) >= 11 is 3.31. The molecule has 0 saturated heterocycles. The average Bonchev–Trinajstić information content (AvgIpc) is 2.90. The third kappa shape index (κ3) is 3.59. The molecule has 1 unspecified atom stereocenters. The fourth-order valence-electron chi connectivity index (χ4n) is 3.44. The van der Waals surface area contributed by atoms with Crippen molar-refractivity contribution >= 4 is 15.9 Å². The predicted octanol–water partition coefficient (Wildman–Crippen LogP) is 5.22. The van der Waals surface area contributed by atoms with Gasteiger partial charge in [0.1, 0.15) is 11.6 Å². The van der Waals surface area contributed by atoms with Gasteiger partial charge in [-0.25, -0.2) is 4.39 Å². The van der Waals surface area contributed by atoms with Crippen LogP contribution in [0.4, 0.5) is 4.39 Å². The zero-order chi connectivity index (χ0) is 15.5. The van der Waals surface area contributed by atoms with Gasteiger partial charge in [-0.15, -0.1) is 0 Å². The van der Waals surface area contributed by atoms with E-state index in [-0.39, 0.29) is 17.3 Å². The molecule has 2 rings (SSSR count). The summed E-state index contributed by atoms with van der Waals surface area (Å²) < 4.78 is 19.7. The Labute approximate surface area is 135 Å². The highest BCUT2D eigenvalue weighted by molar-refractivity contribution is 9.10. The summed E-state index contributed by atoms with van der Waals surface area (Å²) in [4.78, 5) is 0. The molecule has 0 aromatic heterocycles. The second-order valence-electron chi connectivity index (χ2n) is 6.26. The van der Waals surface area contributed by atoms with Crippen molar-refractivity contribution in [1.82, 2.24) is 5.32 Å². The van der Waals surface area contributed by atoms with E-state index in [1.807, 2.05) is 6.07 Å². The first-order valence-electron chi connectivity index (χ1n) is 7.78. The van der Waals surface area contributed by atoms with Gasteiger partial charge in [0.15, 0.2) is 0 Å². The monoisotopic (exact) mass is 357 g/mol. The second-order valence-corrected chi connectivity index (χ2v) is 7.11. The molecule has 21 heavy (non-hydrogen) atoms. The lowest BCUT2D eigenvalue weighted by Gasteiger charge is -2.36. The van der Waals surface area contributed by atoms with Crippen LogP contribution in [-0.2, 0) is 0 Å². The third-order valence-corrected chi connectivity index (χ3v) is 5.23. The molecule has 1 N–H and O–H groups in total. The van der Waals surface area contributed by atoms with Gasteiger partial charge >= 0.3 is 0 Å². The molecule has 0 radical (unpaired) electrons. The highest BCUT2D eigenvalue weighted by Gasteiger charge is 2.39. The molecular weight excluding hydrogens is 333 g/mol. The summed E-state index contributed by atoms with van der Waals surface area (Å²) in [6, 6.07) is 3.57. The van der Waals surface area contributed by atoms with E-state index in [0.717, 1.165) is 18.5 Å². The number of hydrogen-bond acceptors (Lipinski definition) is 2. The first kappa shape index (κ1) is 16.8. The molecular formula is C17H25BrFNO. The molecule has 0 spiro atoms. The lowest BCUT2D eigenvalue weighted by Crippen LogP contribution is -2.35. The summed E-state index contributed by atoms with van der Waals surface area (Å²) in [5, 5.41) is 3.67. The van der Waals surface area contributed by atoms with Gasteiger partial charge in [-0.05, 0) is 53.2 Å². The summed E-state index contributed by atoms with van der Waals surface area (Å²) in [6.07, 6.45) is 6.02. The highest BCUT2D eigenvalue weighted by atomic mass is 79.9. The Morgan fingerprint density at radius 3 is 2.62 bits per heavy atom. The van der Waals surface area contributed by atoms with Gasteiger partial charge in [0.25, 0.3) is 0 Å². The van der Waals surface area contributed by atoms with Crippen LogP contribution in [0.2, 0.25) is 0 Å². The first-order chi connectivity index (χ1) is 10.0. The fourth-order valence-corrected chi connectivity index (χ4v) is 3.80. The van der Waals surface area contributed by atoms with Crippen LogP contribution in [-0.4, -0.2) is 13.7 Å². The first-order valence-corrected chi connectivity index (χ1v) is 8.57. The number of halogens is 2.